The van der Waals surface area contributed by atoms with Crippen LogP contribution in [-0.2, 0) is 17.6 Å². The Labute approximate surface area is 142 Å². The molecule has 1 amide bonds. The van der Waals surface area contributed by atoms with Gasteiger partial charge in [-0.1, -0.05) is 6.92 Å². The first kappa shape index (κ1) is 15.6. The van der Waals surface area contributed by atoms with E-state index in [9.17, 15) is 4.79 Å². The van der Waals surface area contributed by atoms with Gasteiger partial charge in [-0.15, -0.1) is 11.3 Å². The topological polar surface area (TPSA) is 32.8 Å². The molecule has 4 nitrogen and oxygen atoms in total. The number of hydrogen-bond donors (Lipinski definition) is 0. The molecule has 0 bridgehead atoms. The predicted molar refractivity (Wildman–Crippen MR) is 92.2 cm³/mol. The van der Waals surface area contributed by atoms with Gasteiger partial charge in [0.05, 0.1) is 18.8 Å². The smallest absolute Gasteiger partial charge is 0.255 e. The van der Waals surface area contributed by atoms with Gasteiger partial charge in [0.1, 0.15) is 0 Å². The SMILES string of the molecule is C[C@H]1CN(C(=O)c2csc3c2CCCC3)C[C@@H]1N1CCOCC1. The molecular weight excluding hydrogens is 308 g/mol. The largest absolute Gasteiger partial charge is 0.379 e. The molecule has 2 aliphatic heterocycles. The molecule has 2 fully saturated rings. The highest BCUT2D eigenvalue weighted by Crippen LogP contribution is 2.32. The quantitative estimate of drug-likeness (QED) is 0.833. The van der Waals surface area contributed by atoms with Crippen molar-refractivity contribution in [3.05, 3.63) is 21.4 Å². The molecule has 1 aromatic heterocycles. The summed E-state index contributed by atoms with van der Waals surface area (Å²) in [5.41, 5.74) is 2.35. The van der Waals surface area contributed by atoms with E-state index in [1.165, 1.54) is 29.7 Å². The van der Waals surface area contributed by atoms with Crippen LogP contribution in [0.1, 0.15) is 40.6 Å². The molecule has 0 aromatic carbocycles. The summed E-state index contributed by atoms with van der Waals surface area (Å²) < 4.78 is 5.47. The molecule has 1 aliphatic carbocycles. The van der Waals surface area contributed by atoms with Crippen LogP contribution in [0.5, 0.6) is 0 Å². The molecule has 4 rings (SSSR count). The molecule has 1 aromatic rings. The number of thiophene rings is 1. The van der Waals surface area contributed by atoms with Crippen LogP contribution >= 0.6 is 11.3 Å². The molecule has 0 spiro atoms. The highest BCUT2D eigenvalue weighted by Gasteiger charge is 2.37. The summed E-state index contributed by atoms with van der Waals surface area (Å²) in [7, 11) is 0. The zero-order valence-electron chi connectivity index (χ0n) is 13.9. The number of rotatable bonds is 2. The number of nitrogens with zero attached hydrogens (tertiary/aromatic N) is 2. The van der Waals surface area contributed by atoms with Gasteiger partial charge in [-0.05, 0) is 37.2 Å². The minimum atomic E-state index is 0.270. The second-order valence-corrected chi connectivity index (χ2v) is 8.13. The Kier molecular flexibility index (Phi) is 4.43. The van der Waals surface area contributed by atoms with E-state index in [2.05, 4.69) is 22.1 Å². The van der Waals surface area contributed by atoms with Gasteiger partial charge >= 0.3 is 0 Å². The summed E-state index contributed by atoms with van der Waals surface area (Å²) in [6.45, 7) is 7.73. The lowest BCUT2D eigenvalue weighted by Crippen LogP contribution is -2.47. The molecule has 2 saturated heterocycles. The van der Waals surface area contributed by atoms with Gasteiger partial charge in [-0.2, -0.15) is 0 Å². The maximum absolute atomic E-state index is 13.0. The number of carbonyl (C=O) groups excluding carboxylic acids is 1. The predicted octanol–water partition coefficient (Wildman–Crippen LogP) is 2.42. The zero-order chi connectivity index (χ0) is 15.8. The van der Waals surface area contributed by atoms with E-state index >= 15 is 0 Å². The third-order valence-corrected chi connectivity index (χ3v) is 6.75. The summed E-state index contributed by atoms with van der Waals surface area (Å²) in [6, 6.07) is 0.498. The van der Waals surface area contributed by atoms with Crippen molar-refractivity contribution in [3.63, 3.8) is 0 Å². The van der Waals surface area contributed by atoms with Gasteiger partial charge in [0.2, 0.25) is 0 Å². The fourth-order valence-corrected chi connectivity index (χ4v) is 5.46. The number of hydrogen-bond acceptors (Lipinski definition) is 4. The lowest BCUT2D eigenvalue weighted by atomic mass is 9.95. The van der Waals surface area contributed by atoms with Crippen LogP contribution in [-0.4, -0.2) is 61.1 Å². The highest BCUT2D eigenvalue weighted by molar-refractivity contribution is 7.10. The molecule has 3 heterocycles. The third-order valence-electron chi connectivity index (χ3n) is 5.67. The average molecular weight is 334 g/mol. The van der Waals surface area contributed by atoms with Crippen LogP contribution in [0.15, 0.2) is 5.38 Å². The minimum Gasteiger partial charge on any atom is -0.379 e. The van der Waals surface area contributed by atoms with E-state index in [1.807, 2.05) is 0 Å². The first-order chi connectivity index (χ1) is 11.2. The second kappa shape index (κ2) is 6.54. The van der Waals surface area contributed by atoms with E-state index in [0.717, 1.165) is 51.4 Å². The Morgan fingerprint density at radius 1 is 1.22 bits per heavy atom. The standard InChI is InChI=1S/C18H26N2O2S/c1-13-10-20(11-16(13)19-6-8-22-9-7-19)18(21)15-12-23-17-5-3-2-4-14(15)17/h12-13,16H,2-11H2,1H3/t13-,16-/m0/s1. The van der Waals surface area contributed by atoms with Crippen molar-refractivity contribution in [1.82, 2.24) is 9.80 Å². The van der Waals surface area contributed by atoms with Crippen molar-refractivity contribution in [2.45, 2.75) is 38.6 Å². The Hall–Kier alpha value is -0.910. The van der Waals surface area contributed by atoms with Gasteiger partial charge in [0.25, 0.3) is 5.91 Å². The summed E-state index contributed by atoms with van der Waals surface area (Å²) in [5.74, 6) is 0.818. The van der Waals surface area contributed by atoms with Gasteiger partial charge in [0, 0.05) is 42.5 Å². The lowest BCUT2D eigenvalue weighted by molar-refractivity contribution is 0.0119. The first-order valence-corrected chi connectivity index (χ1v) is 9.82. The number of ether oxygens (including phenoxy) is 1. The summed E-state index contributed by atoms with van der Waals surface area (Å²) >= 11 is 1.79. The van der Waals surface area contributed by atoms with Gasteiger partial charge in [0.15, 0.2) is 0 Å². The minimum absolute atomic E-state index is 0.270. The fraction of sp³-hybridized carbons (Fsp3) is 0.722. The monoisotopic (exact) mass is 334 g/mol. The van der Waals surface area contributed by atoms with Gasteiger partial charge in [-0.25, -0.2) is 0 Å². The van der Waals surface area contributed by atoms with Crippen molar-refractivity contribution in [3.8, 4) is 0 Å². The van der Waals surface area contributed by atoms with Gasteiger partial charge < -0.3 is 9.64 Å². The third kappa shape index (κ3) is 2.94. The molecule has 5 heteroatoms. The molecule has 0 saturated carbocycles. The van der Waals surface area contributed by atoms with Crippen LogP contribution in [0.4, 0.5) is 0 Å². The maximum atomic E-state index is 13.0. The maximum Gasteiger partial charge on any atom is 0.255 e. The zero-order valence-corrected chi connectivity index (χ0v) is 14.7. The Morgan fingerprint density at radius 3 is 2.83 bits per heavy atom. The number of carbonyl (C=O) groups is 1. The van der Waals surface area contributed by atoms with Crippen molar-refractivity contribution in [2.24, 2.45) is 5.92 Å². The Morgan fingerprint density at radius 2 is 2.00 bits per heavy atom. The number of aryl methyl sites for hydroxylation is 1. The number of likely N-dealkylation sites (tertiary alicyclic amines) is 1. The van der Waals surface area contributed by atoms with E-state index in [0.29, 0.717) is 12.0 Å². The molecule has 126 valence electrons. The Bertz CT molecular complexity index is 580. The molecule has 0 unspecified atom stereocenters. The summed E-state index contributed by atoms with van der Waals surface area (Å²) in [5, 5.41) is 2.12. The van der Waals surface area contributed by atoms with Crippen LogP contribution in [0, 0.1) is 5.92 Å². The van der Waals surface area contributed by atoms with E-state index in [4.69, 9.17) is 4.74 Å². The molecule has 0 radical (unpaired) electrons. The average Bonchev–Trinajstić information content (AvgIpc) is 3.19. The molecule has 3 aliphatic rings. The van der Waals surface area contributed by atoms with E-state index in [1.54, 1.807) is 11.3 Å². The second-order valence-electron chi connectivity index (χ2n) is 7.16. The molecule has 23 heavy (non-hydrogen) atoms. The van der Waals surface area contributed by atoms with Crippen molar-refractivity contribution in [2.75, 3.05) is 39.4 Å². The lowest BCUT2D eigenvalue weighted by Gasteiger charge is -2.34. The number of fused-ring (bicyclic) bond motifs is 1. The van der Waals surface area contributed by atoms with Crippen LogP contribution < -0.4 is 0 Å². The highest BCUT2D eigenvalue weighted by atomic mass is 32.1. The fourth-order valence-electron chi connectivity index (χ4n) is 4.34. The number of amides is 1. The van der Waals surface area contributed by atoms with Gasteiger partial charge in [-0.3, -0.25) is 9.69 Å². The first-order valence-electron chi connectivity index (χ1n) is 8.94. The Balaban J connectivity index is 1.48. The van der Waals surface area contributed by atoms with Crippen LogP contribution in [0.3, 0.4) is 0 Å². The van der Waals surface area contributed by atoms with E-state index in [-0.39, 0.29) is 5.91 Å². The number of morpholine rings is 1. The molecule has 2 atom stereocenters. The van der Waals surface area contributed by atoms with Crippen molar-refractivity contribution in [1.29, 1.82) is 0 Å². The van der Waals surface area contributed by atoms with E-state index < -0.39 is 0 Å². The normalized spacial score (nSPS) is 28.8. The summed E-state index contributed by atoms with van der Waals surface area (Å²) in [6.07, 6.45) is 4.77. The molecular formula is C18H26N2O2S. The van der Waals surface area contributed by atoms with Crippen molar-refractivity contribution < 1.29 is 9.53 Å². The molecule has 0 N–H and O–H groups in total. The van der Waals surface area contributed by atoms with Crippen LogP contribution in [0.2, 0.25) is 0 Å². The van der Waals surface area contributed by atoms with Crippen molar-refractivity contribution >= 4 is 17.2 Å². The summed E-state index contributed by atoms with van der Waals surface area (Å²) in [4.78, 5) is 19.1. The van der Waals surface area contributed by atoms with Crippen LogP contribution in [0.25, 0.3) is 0 Å².